The SMILES string of the molecule is Cc1cccc(C(=O)NNC(=O)CCC(=O)[O-])c1. The summed E-state index contributed by atoms with van der Waals surface area (Å²) in [4.78, 5) is 32.8. The molecule has 1 rings (SSSR count). The number of carboxylic acid groups (broad SMARTS) is 1. The fourth-order valence-corrected chi connectivity index (χ4v) is 1.26. The van der Waals surface area contributed by atoms with Crippen LogP contribution in [0.15, 0.2) is 24.3 Å². The summed E-state index contributed by atoms with van der Waals surface area (Å²) in [6.45, 7) is 1.84. The van der Waals surface area contributed by atoms with Crippen LogP contribution in [0.4, 0.5) is 0 Å². The molecule has 96 valence electrons. The molecule has 18 heavy (non-hydrogen) atoms. The van der Waals surface area contributed by atoms with Crippen LogP contribution < -0.4 is 16.0 Å². The van der Waals surface area contributed by atoms with Crippen molar-refractivity contribution in [3.8, 4) is 0 Å². The lowest BCUT2D eigenvalue weighted by Gasteiger charge is -2.08. The lowest BCUT2D eigenvalue weighted by molar-refractivity contribution is -0.305. The summed E-state index contributed by atoms with van der Waals surface area (Å²) in [5.74, 6) is -2.35. The van der Waals surface area contributed by atoms with Crippen LogP contribution in [-0.4, -0.2) is 17.8 Å². The fourth-order valence-electron chi connectivity index (χ4n) is 1.26. The summed E-state index contributed by atoms with van der Waals surface area (Å²) < 4.78 is 0. The highest BCUT2D eigenvalue weighted by molar-refractivity contribution is 5.95. The summed E-state index contributed by atoms with van der Waals surface area (Å²) in [5, 5.41) is 10.1. The van der Waals surface area contributed by atoms with Gasteiger partial charge in [-0.3, -0.25) is 20.4 Å². The van der Waals surface area contributed by atoms with Crippen LogP contribution >= 0.6 is 0 Å². The van der Waals surface area contributed by atoms with E-state index in [1.807, 2.05) is 13.0 Å². The van der Waals surface area contributed by atoms with Gasteiger partial charge in [-0.25, -0.2) is 0 Å². The Balaban J connectivity index is 2.42. The fraction of sp³-hybridized carbons (Fsp3) is 0.250. The van der Waals surface area contributed by atoms with E-state index >= 15 is 0 Å². The lowest BCUT2D eigenvalue weighted by Crippen LogP contribution is -2.42. The molecule has 0 bridgehead atoms. The van der Waals surface area contributed by atoms with Gasteiger partial charge in [0.15, 0.2) is 0 Å². The number of amides is 2. The van der Waals surface area contributed by atoms with Gasteiger partial charge in [0.1, 0.15) is 0 Å². The summed E-state index contributed by atoms with van der Waals surface area (Å²) >= 11 is 0. The van der Waals surface area contributed by atoms with Crippen LogP contribution in [0.5, 0.6) is 0 Å². The predicted molar refractivity (Wildman–Crippen MR) is 61.0 cm³/mol. The van der Waals surface area contributed by atoms with E-state index < -0.39 is 17.8 Å². The number of hydrogen-bond donors (Lipinski definition) is 2. The second-order valence-electron chi connectivity index (χ2n) is 3.74. The minimum absolute atomic E-state index is 0.240. The van der Waals surface area contributed by atoms with E-state index in [0.29, 0.717) is 5.56 Å². The molecule has 0 unspecified atom stereocenters. The minimum atomic E-state index is -1.31. The maximum absolute atomic E-state index is 11.6. The lowest BCUT2D eigenvalue weighted by atomic mass is 10.1. The Morgan fingerprint density at radius 2 is 1.89 bits per heavy atom. The Morgan fingerprint density at radius 1 is 1.17 bits per heavy atom. The van der Waals surface area contributed by atoms with Crippen molar-refractivity contribution in [3.63, 3.8) is 0 Å². The van der Waals surface area contributed by atoms with Crippen LogP contribution in [0.2, 0.25) is 0 Å². The number of aryl methyl sites for hydroxylation is 1. The van der Waals surface area contributed by atoms with Crippen molar-refractivity contribution >= 4 is 17.8 Å². The second-order valence-corrected chi connectivity index (χ2v) is 3.74. The highest BCUT2D eigenvalue weighted by atomic mass is 16.4. The van der Waals surface area contributed by atoms with Gasteiger partial charge in [-0.15, -0.1) is 0 Å². The van der Waals surface area contributed by atoms with Crippen molar-refractivity contribution in [2.24, 2.45) is 0 Å². The molecule has 0 aliphatic rings. The first-order valence-electron chi connectivity index (χ1n) is 5.34. The molecule has 0 aliphatic carbocycles. The standard InChI is InChI=1S/C12H14N2O4/c1-8-3-2-4-9(7-8)12(18)14-13-10(15)5-6-11(16)17/h2-4,7H,5-6H2,1H3,(H,13,15)(H,14,18)(H,16,17)/p-1. The van der Waals surface area contributed by atoms with Gasteiger partial charge < -0.3 is 9.90 Å². The van der Waals surface area contributed by atoms with Gasteiger partial charge >= 0.3 is 0 Å². The summed E-state index contributed by atoms with van der Waals surface area (Å²) in [6.07, 6.45) is -0.622. The third kappa shape index (κ3) is 4.65. The number of carboxylic acids is 1. The Bertz CT molecular complexity index is 471. The van der Waals surface area contributed by atoms with Gasteiger partial charge in [0.2, 0.25) is 5.91 Å². The molecule has 0 aliphatic heterocycles. The Hall–Kier alpha value is -2.37. The number of hydrogen-bond acceptors (Lipinski definition) is 4. The largest absolute Gasteiger partial charge is 0.550 e. The molecule has 0 atom stereocenters. The van der Waals surface area contributed by atoms with Crippen LogP contribution in [0, 0.1) is 6.92 Å². The number of benzene rings is 1. The zero-order chi connectivity index (χ0) is 13.5. The molecule has 0 spiro atoms. The van der Waals surface area contributed by atoms with Gasteiger partial charge in [0.05, 0.1) is 0 Å². The predicted octanol–water partition coefficient (Wildman–Crippen LogP) is -0.714. The van der Waals surface area contributed by atoms with E-state index in [1.165, 1.54) is 0 Å². The van der Waals surface area contributed by atoms with Crippen LogP contribution in [0.25, 0.3) is 0 Å². The van der Waals surface area contributed by atoms with Gasteiger partial charge in [-0.1, -0.05) is 17.7 Å². The number of hydrazine groups is 1. The third-order valence-electron chi connectivity index (χ3n) is 2.15. The second kappa shape index (κ2) is 6.39. The van der Waals surface area contributed by atoms with Crippen LogP contribution in [0.1, 0.15) is 28.8 Å². The van der Waals surface area contributed by atoms with Crippen LogP contribution in [0.3, 0.4) is 0 Å². The topological polar surface area (TPSA) is 98.3 Å². The smallest absolute Gasteiger partial charge is 0.269 e. The molecule has 2 N–H and O–H groups in total. The Kier molecular flexibility index (Phi) is 4.86. The van der Waals surface area contributed by atoms with E-state index in [1.54, 1.807) is 18.2 Å². The average Bonchev–Trinajstić information content (AvgIpc) is 2.33. The number of nitrogens with one attached hydrogen (secondary N) is 2. The summed E-state index contributed by atoms with van der Waals surface area (Å²) in [6, 6.07) is 6.84. The minimum Gasteiger partial charge on any atom is -0.550 e. The van der Waals surface area contributed by atoms with E-state index in [4.69, 9.17) is 0 Å². The van der Waals surface area contributed by atoms with Crippen molar-refractivity contribution in [2.75, 3.05) is 0 Å². The average molecular weight is 249 g/mol. The first-order valence-corrected chi connectivity index (χ1v) is 5.34. The zero-order valence-corrected chi connectivity index (χ0v) is 9.86. The Morgan fingerprint density at radius 3 is 2.50 bits per heavy atom. The summed E-state index contributed by atoms with van der Waals surface area (Å²) in [5.41, 5.74) is 5.66. The monoisotopic (exact) mass is 249 g/mol. The molecule has 1 aromatic rings. The highest BCUT2D eigenvalue weighted by Crippen LogP contribution is 2.02. The first-order chi connectivity index (χ1) is 8.49. The molecule has 0 saturated heterocycles. The maximum atomic E-state index is 11.6. The van der Waals surface area contributed by atoms with Gasteiger partial charge in [-0.05, 0) is 25.5 Å². The van der Waals surface area contributed by atoms with Crippen molar-refractivity contribution in [2.45, 2.75) is 19.8 Å². The van der Waals surface area contributed by atoms with Gasteiger partial charge in [0.25, 0.3) is 5.91 Å². The quantitative estimate of drug-likeness (QED) is 0.688. The number of carbonyl (C=O) groups excluding carboxylic acids is 3. The van der Waals surface area contributed by atoms with Gasteiger partial charge in [0, 0.05) is 18.0 Å². The maximum Gasteiger partial charge on any atom is 0.269 e. The molecular weight excluding hydrogens is 236 g/mol. The third-order valence-corrected chi connectivity index (χ3v) is 2.15. The van der Waals surface area contributed by atoms with Gasteiger partial charge in [-0.2, -0.15) is 0 Å². The zero-order valence-electron chi connectivity index (χ0n) is 9.86. The molecule has 2 amide bonds. The number of aliphatic carboxylic acids is 1. The molecule has 0 saturated carbocycles. The van der Waals surface area contributed by atoms with Crippen molar-refractivity contribution in [1.29, 1.82) is 0 Å². The highest BCUT2D eigenvalue weighted by Gasteiger charge is 2.07. The number of rotatable bonds is 4. The molecule has 0 fully saturated rings. The molecule has 1 aromatic carbocycles. The number of carbonyl (C=O) groups is 3. The van der Waals surface area contributed by atoms with Crippen LogP contribution in [-0.2, 0) is 9.59 Å². The van der Waals surface area contributed by atoms with Crippen molar-refractivity contribution in [1.82, 2.24) is 10.9 Å². The van der Waals surface area contributed by atoms with E-state index in [2.05, 4.69) is 10.9 Å². The molecule has 0 heterocycles. The van der Waals surface area contributed by atoms with Crippen molar-refractivity contribution in [3.05, 3.63) is 35.4 Å². The molecule has 0 aromatic heterocycles. The molecule has 0 radical (unpaired) electrons. The normalized spacial score (nSPS) is 9.61. The molecule has 6 nitrogen and oxygen atoms in total. The van der Waals surface area contributed by atoms with E-state index in [-0.39, 0.29) is 12.8 Å². The van der Waals surface area contributed by atoms with E-state index in [0.717, 1.165) is 5.56 Å². The van der Waals surface area contributed by atoms with E-state index in [9.17, 15) is 19.5 Å². The first kappa shape index (κ1) is 13.7. The Labute approximate surface area is 104 Å². The molecule has 6 heteroatoms. The molecular formula is C12H13N2O4-. The summed E-state index contributed by atoms with van der Waals surface area (Å²) in [7, 11) is 0. The van der Waals surface area contributed by atoms with Crippen molar-refractivity contribution < 1.29 is 19.5 Å².